The Labute approximate surface area is 121 Å². The summed E-state index contributed by atoms with van der Waals surface area (Å²) in [5, 5.41) is 13.8. The largest absolute Gasteiger partial charge is 0.399 e. The predicted octanol–water partition coefficient (Wildman–Crippen LogP) is 0.457. The monoisotopic (exact) mass is 290 g/mol. The third kappa shape index (κ3) is 2.57. The van der Waals surface area contributed by atoms with E-state index < -0.39 is 5.60 Å². The zero-order valence-electron chi connectivity index (χ0n) is 11.7. The van der Waals surface area contributed by atoms with Crippen molar-refractivity contribution < 1.29 is 9.84 Å². The second kappa shape index (κ2) is 5.01. The van der Waals surface area contributed by atoms with Crippen molar-refractivity contribution in [2.75, 3.05) is 24.2 Å². The number of benzene rings is 1. The van der Waals surface area contributed by atoms with Gasteiger partial charge in [0.05, 0.1) is 17.0 Å². The van der Waals surface area contributed by atoms with Gasteiger partial charge in [-0.05, 0) is 25.1 Å². The van der Waals surface area contributed by atoms with Crippen molar-refractivity contribution in [1.29, 1.82) is 0 Å². The fraction of sp³-hybridized carbons (Fsp3) is 0.429. The molecule has 7 nitrogen and oxygen atoms in total. The van der Waals surface area contributed by atoms with E-state index in [1.54, 1.807) is 18.2 Å². The van der Waals surface area contributed by atoms with Gasteiger partial charge in [0.15, 0.2) is 0 Å². The minimum atomic E-state index is -0.950. The van der Waals surface area contributed by atoms with Crippen molar-refractivity contribution in [1.82, 2.24) is 9.97 Å². The summed E-state index contributed by atoms with van der Waals surface area (Å²) in [5.41, 5.74) is 5.52. The summed E-state index contributed by atoms with van der Waals surface area (Å²) in [6.07, 6.45) is 0.298. The molecule has 1 saturated heterocycles. The zero-order valence-corrected chi connectivity index (χ0v) is 11.7. The molecule has 0 aliphatic carbocycles. The molecular weight excluding hydrogens is 272 g/mol. The molecule has 2 heterocycles. The van der Waals surface area contributed by atoms with Crippen molar-refractivity contribution in [3.05, 3.63) is 28.6 Å². The Balaban J connectivity index is 1.85. The molecule has 2 unspecified atom stereocenters. The number of nitrogens with one attached hydrogen (secondary N) is 2. The van der Waals surface area contributed by atoms with E-state index in [0.717, 1.165) is 0 Å². The molecule has 0 spiro atoms. The normalized spacial score (nSPS) is 25.3. The van der Waals surface area contributed by atoms with Crippen LogP contribution in [0.1, 0.15) is 13.3 Å². The minimum absolute atomic E-state index is 0.253. The van der Waals surface area contributed by atoms with Crippen molar-refractivity contribution in [3.63, 3.8) is 0 Å². The van der Waals surface area contributed by atoms with Crippen molar-refractivity contribution in [2.45, 2.75) is 25.0 Å². The number of nitrogens with two attached hydrogens (primary N) is 1. The molecule has 0 bridgehead atoms. The first-order valence-corrected chi connectivity index (χ1v) is 6.85. The van der Waals surface area contributed by atoms with Crippen molar-refractivity contribution in [2.24, 2.45) is 0 Å². The summed E-state index contributed by atoms with van der Waals surface area (Å²) < 4.78 is 5.37. The summed E-state index contributed by atoms with van der Waals surface area (Å²) in [7, 11) is 0. The van der Waals surface area contributed by atoms with Crippen LogP contribution in [0.3, 0.4) is 0 Å². The average Bonchev–Trinajstić information content (AvgIpc) is 2.78. The van der Waals surface area contributed by atoms with Crippen LogP contribution in [0.4, 0.5) is 11.6 Å². The summed E-state index contributed by atoms with van der Waals surface area (Å²) in [5.74, 6) is 0.324. The molecule has 7 heteroatoms. The number of nitrogen functional groups attached to an aromatic ring is 1. The Morgan fingerprint density at radius 1 is 1.62 bits per heavy atom. The number of hydrogen-bond donors (Lipinski definition) is 4. The highest BCUT2D eigenvalue weighted by atomic mass is 16.5. The molecule has 2 aromatic rings. The molecule has 2 atom stereocenters. The molecule has 1 aliphatic heterocycles. The highest BCUT2D eigenvalue weighted by Crippen LogP contribution is 2.25. The van der Waals surface area contributed by atoms with Gasteiger partial charge in [-0.3, -0.25) is 9.78 Å². The molecule has 1 aliphatic rings. The first kappa shape index (κ1) is 13.8. The molecule has 1 fully saturated rings. The maximum atomic E-state index is 12.0. The van der Waals surface area contributed by atoms with Crippen molar-refractivity contribution in [3.8, 4) is 0 Å². The fourth-order valence-corrected chi connectivity index (χ4v) is 2.48. The fourth-order valence-electron chi connectivity index (χ4n) is 2.48. The van der Waals surface area contributed by atoms with E-state index in [-0.39, 0.29) is 18.2 Å². The Kier molecular flexibility index (Phi) is 3.30. The van der Waals surface area contributed by atoms with Crippen LogP contribution in [0.5, 0.6) is 0 Å². The van der Waals surface area contributed by atoms with Gasteiger partial charge in [-0.2, -0.15) is 0 Å². The molecule has 112 valence electrons. The van der Waals surface area contributed by atoms with Crippen LogP contribution >= 0.6 is 0 Å². The standard InChI is InChI=1S/C14H18N4O3/c1-8-14(20,4-5-21-8)7-16-13-17-11-3-2-9(15)6-10(11)12(19)18-13/h2-3,6,8,20H,4-5,7,15H2,1H3,(H2,16,17,18,19). The van der Waals surface area contributed by atoms with Gasteiger partial charge in [-0.1, -0.05) is 0 Å². The maximum Gasteiger partial charge on any atom is 0.260 e. The second-order valence-corrected chi connectivity index (χ2v) is 5.41. The van der Waals surface area contributed by atoms with Crippen LogP contribution in [-0.4, -0.2) is 39.9 Å². The third-order valence-corrected chi connectivity index (χ3v) is 3.95. The van der Waals surface area contributed by atoms with Crippen LogP contribution in [-0.2, 0) is 4.74 Å². The van der Waals surface area contributed by atoms with Gasteiger partial charge in [0.1, 0.15) is 5.60 Å². The van der Waals surface area contributed by atoms with Crippen LogP contribution in [0.25, 0.3) is 10.9 Å². The molecule has 21 heavy (non-hydrogen) atoms. The van der Waals surface area contributed by atoms with Gasteiger partial charge in [0, 0.05) is 25.3 Å². The van der Waals surface area contributed by atoms with Gasteiger partial charge in [-0.15, -0.1) is 0 Å². The molecule has 3 rings (SSSR count). The van der Waals surface area contributed by atoms with Gasteiger partial charge in [-0.25, -0.2) is 4.98 Å². The molecule has 1 aromatic carbocycles. The van der Waals surface area contributed by atoms with E-state index in [0.29, 0.717) is 35.6 Å². The van der Waals surface area contributed by atoms with E-state index in [9.17, 15) is 9.90 Å². The molecule has 0 radical (unpaired) electrons. The van der Waals surface area contributed by atoms with E-state index in [1.807, 2.05) is 6.92 Å². The van der Waals surface area contributed by atoms with Gasteiger partial charge in [0.25, 0.3) is 5.56 Å². The number of rotatable bonds is 3. The zero-order chi connectivity index (χ0) is 15.0. The molecule has 5 N–H and O–H groups in total. The van der Waals surface area contributed by atoms with E-state index in [4.69, 9.17) is 10.5 Å². The lowest BCUT2D eigenvalue weighted by atomic mass is 9.97. The molecule has 0 amide bonds. The van der Waals surface area contributed by atoms with Gasteiger partial charge >= 0.3 is 0 Å². The van der Waals surface area contributed by atoms with E-state index in [1.165, 1.54) is 0 Å². The number of nitrogens with zero attached hydrogens (tertiary/aromatic N) is 1. The minimum Gasteiger partial charge on any atom is -0.399 e. The Morgan fingerprint density at radius 2 is 2.43 bits per heavy atom. The number of aromatic nitrogens is 2. The highest BCUT2D eigenvalue weighted by Gasteiger charge is 2.39. The molecular formula is C14H18N4O3. The number of hydrogen-bond acceptors (Lipinski definition) is 6. The lowest BCUT2D eigenvalue weighted by Gasteiger charge is -2.26. The number of anilines is 2. The Morgan fingerprint density at radius 3 is 3.14 bits per heavy atom. The summed E-state index contributed by atoms with van der Waals surface area (Å²) in [6.45, 7) is 2.62. The maximum absolute atomic E-state index is 12.0. The van der Waals surface area contributed by atoms with Crippen molar-refractivity contribution >= 4 is 22.5 Å². The van der Waals surface area contributed by atoms with Crippen LogP contribution in [0, 0.1) is 0 Å². The number of ether oxygens (including phenoxy) is 1. The summed E-state index contributed by atoms with van der Waals surface area (Å²) >= 11 is 0. The van der Waals surface area contributed by atoms with Crippen LogP contribution in [0.2, 0.25) is 0 Å². The first-order chi connectivity index (χ1) is 9.98. The SMILES string of the molecule is CC1OCCC1(O)CNc1nc2ccc(N)cc2c(=O)[nH]1. The van der Waals surface area contributed by atoms with E-state index in [2.05, 4.69) is 15.3 Å². The smallest absolute Gasteiger partial charge is 0.260 e. The summed E-state index contributed by atoms with van der Waals surface area (Å²) in [4.78, 5) is 19.0. The highest BCUT2D eigenvalue weighted by molar-refractivity contribution is 5.81. The number of aromatic amines is 1. The quantitative estimate of drug-likeness (QED) is 0.611. The predicted molar refractivity (Wildman–Crippen MR) is 80.2 cm³/mol. The van der Waals surface area contributed by atoms with E-state index >= 15 is 0 Å². The number of H-pyrrole nitrogens is 1. The molecule has 1 aromatic heterocycles. The van der Waals surface area contributed by atoms with Gasteiger partial charge < -0.3 is 20.9 Å². The lowest BCUT2D eigenvalue weighted by Crippen LogP contribution is -2.43. The Bertz CT molecular complexity index is 730. The Hall–Kier alpha value is -2.12. The first-order valence-electron chi connectivity index (χ1n) is 6.85. The second-order valence-electron chi connectivity index (χ2n) is 5.41. The third-order valence-electron chi connectivity index (χ3n) is 3.95. The lowest BCUT2D eigenvalue weighted by molar-refractivity contribution is -0.0176. The average molecular weight is 290 g/mol. The number of fused-ring (bicyclic) bond motifs is 1. The van der Waals surface area contributed by atoms with Gasteiger partial charge in [0.2, 0.25) is 5.95 Å². The summed E-state index contributed by atoms with van der Waals surface area (Å²) in [6, 6.07) is 4.98. The van der Waals surface area contributed by atoms with Crippen LogP contribution in [0.15, 0.2) is 23.0 Å². The number of aliphatic hydroxyl groups is 1. The molecule has 0 saturated carbocycles. The topological polar surface area (TPSA) is 113 Å². The van der Waals surface area contributed by atoms with Crippen LogP contribution < -0.4 is 16.6 Å².